The van der Waals surface area contributed by atoms with Gasteiger partial charge in [-0.15, -0.1) is 0 Å². The maximum Gasteiger partial charge on any atom is 0.338 e. The van der Waals surface area contributed by atoms with Gasteiger partial charge in [0.05, 0.1) is 5.57 Å². The van der Waals surface area contributed by atoms with Crippen molar-refractivity contribution >= 4 is 23.5 Å². The van der Waals surface area contributed by atoms with Gasteiger partial charge in [-0.05, 0) is 55.2 Å². The number of hydrogen-bond acceptors (Lipinski definition) is 5. The summed E-state index contributed by atoms with van der Waals surface area (Å²) in [5.74, 6) is 1.72. The first-order valence-electron chi connectivity index (χ1n) is 10.7. The topological polar surface area (TPSA) is 69.0 Å². The highest BCUT2D eigenvalue weighted by Gasteiger charge is 2.38. The molecule has 1 aromatic heterocycles. The molecule has 1 N–H and O–H groups in total. The Balaban J connectivity index is 1.69. The molecule has 0 spiro atoms. The zero-order valence-electron chi connectivity index (χ0n) is 17.9. The quantitative estimate of drug-likeness (QED) is 0.675. The molecule has 160 valence electrons. The second kappa shape index (κ2) is 8.42. The smallest absolute Gasteiger partial charge is 0.338 e. The van der Waals surface area contributed by atoms with E-state index in [4.69, 9.17) is 16.3 Å². The second-order valence-electron chi connectivity index (χ2n) is 8.92. The normalized spacial score (nSPS) is 26.3. The molecule has 0 saturated heterocycles. The van der Waals surface area contributed by atoms with Gasteiger partial charge in [0.25, 0.3) is 0 Å². The molecular formula is C23H29ClN4O2. The molecule has 2 aromatic rings. The third-order valence-electron chi connectivity index (χ3n) is 6.40. The van der Waals surface area contributed by atoms with Gasteiger partial charge in [-0.3, -0.25) is 0 Å². The van der Waals surface area contributed by atoms with Gasteiger partial charge in [-0.2, -0.15) is 10.1 Å². The fraction of sp³-hybridized carbons (Fsp3) is 0.522. The Bertz CT molecular complexity index is 968. The zero-order chi connectivity index (χ0) is 21.4. The molecule has 1 saturated carbocycles. The van der Waals surface area contributed by atoms with Crippen molar-refractivity contribution in [1.29, 1.82) is 0 Å². The number of carbonyl (C=O) groups is 1. The summed E-state index contributed by atoms with van der Waals surface area (Å²) >= 11 is 6.26. The summed E-state index contributed by atoms with van der Waals surface area (Å²) in [6.07, 6.45) is 4.61. The fourth-order valence-electron chi connectivity index (χ4n) is 4.79. The third kappa shape index (κ3) is 3.97. The predicted molar refractivity (Wildman–Crippen MR) is 117 cm³/mol. The summed E-state index contributed by atoms with van der Waals surface area (Å²) in [5.41, 5.74) is 2.16. The number of halogens is 1. The Kier molecular flexibility index (Phi) is 5.87. The van der Waals surface area contributed by atoms with E-state index in [9.17, 15) is 4.79 Å². The summed E-state index contributed by atoms with van der Waals surface area (Å²) < 4.78 is 7.91. The lowest BCUT2D eigenvalue weighted by Gasteiger charge is -2.37. The summed E-state index contributed by atoms with van der Waals surface area (Å²) in [6, 6.07) is 7.08. The number of benzene rings is 1. The minimum atomic E-state index is -0.437. The zero-order valence-corrected chi connectivity index (χ0v) is 18.7. The molecular weight excluding hydrogens is 400 g/mol. The van der Waals surface area contributed by atoms with E-state index in [0.29, 0.717) is 34.3 Å². The number of allylic oxidation sites excluding steroid dienone is 1. The first kappa shape index (κ1) is 20.9. The van der Waals surface area contributed by atoms with Gasteiger partial charge < -0.3 is 10.1 Å². The van der Waals surface area contributed by atoms with Gasteiger partial charge in [-0.25, -0.2) is 9.48 Å². The molecule has 4 rings (SSSR count). The van der Waals surface area contributed by atoms with Crippen molar-refractivity contribution in [3.63, 3.8) is 0 Å². The average Bonchev–Trinajstić information content (AvgIpc) is 3.14. The molecule has 7 heteroatoms. The van der Waals surface area contributed by atoms with E-state index in [-0.39, 0.29) is 12.1 Å². The van der Waals surface area contributed by atoms with Crippen molar-refractivity contribution in [2.75, 3.05) is 5.32 Å². The largest absolute Gasteiger partial charge is 0.459 e. The van der Waals surface area contributed by atoms with E-state index < -0.39 is 6.04 Å². The number of hydrogen-bond donors (Lipinski definition) is 1. The van der Waals surface area contributed by atoms with Crippen LogP contribution in [0.4, 0.5) is 5.95 Å². The first-order chi connectivity index (χ1) is 14.3. The molecule has 1 aliphatic carbocycles. The van der Waals surface area contributed by atoms with Gasteiger partial charge in [0.1, 0.15) is 18.5 Å². The van der Waals surface area contributed by atoms with E-state index in [1.54, 1.807) is 4.68 Å². The van der Waals surface area contributed by atoms with Crippen molar-refractivity contribution in [2.45, 2.75) is 59.1 Å². The SMILES string of the molecule is CC1=C(C(=O)O[C@@H]2C[C@H](C)CC[C@@H]2C(C)C)[C@@H](c2cccc(Cl)c2)n2ncnc2N1. The summed E-state index contributed by atoms with van der Waals surface area (Å²) in [6.45, 7) is 8.55. The van der Waals surface area contributed by atoms with Crippen LogP contribution in [0.1, 0.15) is 58.6 Å². The number of ether oxygens (including phenoxy) is 1. The average molecular weight is 429 g/mol. The number of rotatable bonds is 4. The number of carbonyl (C=O) groups excluding carboxylic acids is 1. The molecule has 0 bridgehead atoms. The Labute approximate surface area is 182 Å². The van der Waals surface area contributed by atoms with Gasteiger partial charge in [-0.1, -0.05) is 50.9 Å². The maximum absolute atomic E-state index is 13.5. The predicted octanol–water partition coefficient (Wildman–Crippen LogP) is 5.22. The van der Waals surface area contributed by atoms with Crippen molar-refractivity contribution in [1.82, 2.24) is 14.8 Å². The number of aromatic nitrogens is 3. The molecule has 1 fully saturated rings. The summed E-state index contributed by atoms with van der Waals surface area (Å²) in [4.78, 5) is 17.8. The monoisotopic (exact) mass is 428 g/mol. The summed E-state index contributed by atoms with van der Waals surface area (Å²) in [7, 11) is 0. The minimum absolute atomic E-state index is 0.0706. The maximum atomic E-state index is 13.5. The molecule has 6 nitrogen and oxygen atoms in total. The molecule has 1 aliphatic heterocycles. The minimum Gasteiger partial charge on any atom is -0.459 e. The van der Waals surface area contributed by atoms with Crippen LogP contribution in [0.15, 0.2) is 41.9 Å². The van der Waals surface area contributed by atoms with Crippen LogP contribution in [0.5, 0.6) is 0 Å². The highest BCUT2D eigenvalue weighted by atomic mass is 35.5. The Morgan fingerprint density at radius 1 is 1.33 bits per heavy atom. The first-order valence-corrected chi connectivity index (χ1v) is 11.1. The summed E-state index contributed by atoms with van der Waals surface area (Å²) in [5, 5.41) is 8.18. The Morgan fingerprint density at radius 3 is 2.87 bits per heavy atom. The Morgan fingerprint density at radius 2 is 2.13 bits per heavy atom. The lowest BCUT2D eigenvalue weighted by molar-refractivity contribution is -0.151. The van der Waals surface area contributed by atoms with Crippen LogP contribution in [-0.2, 0) is 9.53 Å². The van der Waals surface area contributed by atoms with Gasteiger partial charge in [0.15, 0.2) is 0 Å². The molecule has 4 atom stereocenters. The molecule has 0 amide bonds. The van der Waals surface area contributed by atoms with Crippen molar-refractivity contribution in [2.24, 2.45) is 17.8 Å². The van der Waals surface area contributed by atoms with Gasteiger partial charge in [0.2, 0.25) is 5.95 Å². The van der Waals surface area contributed by atoms with Crippen LogP contribution >= 0.6 is 11.6 Å². The highest BCUT2D eigenvalue weighted by Crippen LogP contribution is 2.39. The molecule has 0 unspecified atom stereocenters. The number of fused-ring (bicyclic) bond motifs is 1. The van der Waals surface area contributed by atoms with E-state index in [1.807, 2.05) is 31.2 Å². The van der Waals surface area contributed by atoms with E-state index in [2.05, 4.69) is 36.2 Å². The van der Waals surface area contributed by atoms with E-state index in [1.165, 1.54) is 12.7 Å². The van der Waals surface area contributed by atoms with Crippen molar-refractivity contribution in [3.8, 4) is 0 Å². The molecule has 1 aromatic carbocycles. The standard InChI is InChI=1S/C23H29ClN4O2/c1-13(2)18-9-8-14(3)10-19(18)30-22(29)20-15(4)27-23-25-12-26-28(23)21(20)16-6-5-7-17(24)11-16/h5-7,11-14,18-19,21H,8-10H2,1-4H3,(H,25,26,27)/t14-,18-,19-,21-/m1/s1. The van der Waals surface area contributed by atoms with Crippen LogP contribution < -0.4 is 5.32 Å². The number of nitrogens with one attached hydrogen (secondary N) is 1. The molecule has 2 aliphatic rings. The lowest BCUT2D eigenvalue weighted by Crippen LogP contribution is -2.38. The van der Waals surface area contributed by atoms with Crippen LogP contribution in [0.2, 0.25) is 5.02 Å². The Hall–Kier alpha value is -2.34. The third-order valence-corrected chi connectivity index (χ3v) is 6.63. The van der Waals surface area contributed by atoms with Gasteiger partial charge in [0, 0.05) is 10.7 Å². The molecule has 30 heavy (non-hydrogen) atoms. The van der Waals surface area contributed by atoms with Gasteiger partial charge >= 0.3 is 5.97 Å². The number of anilines is 1. The van der Waals surface area contributed by atoms with Crippen molar-refractivity contribution in [3.05, 3.63) is 52.4 Å². The lowest BCUT2D eigenvalue weighted by atomic mass is 9.75. The van der Waals surface area contributed by atoms with E-state index in [0.717, 1.165) is 24.1 Å². The van der Waals surface area contributed by atoms with Crippen molar-refractivity contribution < 1.29 is 9.53 Å². The van der Waals surface area contributed by atoms with E-state index >= 15 is 0 Å². The molecule has 0 radical (unpaired) electrons. The van der Waals surface area contributed by atoms with Crippen LogP contribution in [0.25, 0.3) is 0 Å². The highest BCUT2D eigenvalue weighted by molar-refractivity contribution is 6.30. The fourth-order valence-corrected chi connectivity index (χ4v) is 4.99. The second-order valence-corrected chi connectivity index (χ2v) is 9.36. The number of esters is 1. The molecule has 2 heterocycles. The number of nitrogens with zero attached hydrogens (tertiary/aromatic N) is 3. The van der Waals surface area contributed by atoms with Crippen LogP contribution in [0.3, 0.4) is 0 Å². The van der Waals surface area contributed by atoms with Crippen LogP contribution in [0, 0.1) is 17.8 Å². The van der Waals surface area contributed by atoms with Crippen LogP contribution in [-0.4, -0.2) is 26.8 Å².